The van der Waals surface area contributed by atoms with Gasteiger partial charge in [-0.05, 0) is 48.9 Å². The molecule has 0 atom stereocenters. The van der Waals surface area contributed by atoms with Crippen LogP contribution in [0.1, 0.15) is 23.7 Å². The van der Waals surface area contributed by atoms with Gasteiger partial charge < -0.3 is 9.88 Å². The van der Waals surface area contributed by atoms with Gasteiger partial charge in [-0.2, -0.15) is 0 Å². The van der Waals surface area contributed by atoms with E-state index in [0.29, 0.717) is 5.56 Å². The molecule has 0 aliphatic rings. The average Bonchev–Trinajstić information content (AvgIpc) is 3.07. The molecule has 0 bridgehead atoms. The number of anilines is 1. The van der Waals surface area contributed by atoms with Gasteiger partial charge in [-0.25, -0.2) is 9.97 Å². The standard InChI is InChI=1S/C22H19BrN4O/c1-2-12-27-20(26-19-10-5-11-24-21(19)27)15-6-3-7-16(13-15)22(28)25-18-9-4-8-17(23)14-18/h3-11,13-14H,2,12H2,1H3,(H,25,28). The summed E-state index contributed by atoms with van der Waals surface area (Å²) in [6.07, 6.45) is 2.75. The van der Waals surface area contributed by atoms with Crippen molar-refractivity contribution in [2.24, 2.45) is 0 Å². The summed E-state index contributed by atoms with van der Waals surface area (Å²) in [5.74, 6) is 0.670. The Morgan fingerprint density at radius 2 is 1.96 bits per heavy atom. The van der Waals surface area contributed by atoms with E-state index in [-0.39, 0.29) is 5.91 Å². The molecule has 4 rings (SSSR count). The van der Waals surface area contributed by atoms with E-state index >= 15 is 0 Å². The summed E-state index contributed by atoms with van der Waals surface area (Å²) in [5, 5.41) is 2.94. The Bertz CT molecular complexity index is 1150. The molecule has 1 amide bonds. The molecule has 0 saturated heterocycles. The summed E-state index contributed by atoms with van der Waals surface area (Å²) in [6.45, 7) is 2.94. The highest BCUT2D eigenvalue weighted by Crippen LogP contribution is 2.25. The minimum Gasteiger partial charge on any atom is -0.322 e. The fourth-order valence-electron chi connectivity index (χ4n) is 3.18. The quantitative estimate of drug-likeness (QED) is 0.449. The lowest BCUT2D eigenvalue weighted by Gasteiger charge is -2.09. The summed E-state index contributed by atoms with van der Waals surface area (Å²) in [5.41, 5.74) is 3.94. The largest absolute Gasteiger partial charge is 0.322 e. The fraction of sp³-hybridized carbons (Fsp3) is 0.136. The number of nitrogens with one attached hydrogen (secondary N) is 1. The van der Waals surface area contributed by atoms with Gasteiger partial charge in [-0.15, -0.1) is 0 Å². The van der Waals surface area contributed by atoms with Gasteiger partial charge in [0.05, 0.1) is 0 Å². The minimum atomic E-state index is -0.156. The van der Waals surface area contributed by atoms with Crippen molar-refractivity contribution in [1.29, 1.82) is 0 Å². The van der Waals surface area contributed by atoms with E-state index < -0.39 is 0 Å². The third-order valence-corrected chi connectivity index (χ3v) is 4.91. The number of halogens is 1. The molecule has 5 nitrogen and oxygen atoms in total. The molecule has 2 heterocycles. The molecule has 4 aromatic rings. The second kappa shape index (κ2) is 7.94. The van der Waals surface area contributed by atoms with E-state index in [9.17, 15) is 4.79 Å². The Labute approximate surface area is 171 Å². The maximum Gasteiger partial charge on any atom is 0.255 e. The third kappa shape index (κ3) is 3.68. The molecule has 2 aromatic heterocycles. The lowest BCUT2D eigenvalue weighted by atomic mass is 10.1. The number of aryl methyl sites for hydroxylation is 1. The van der Waals surface area contributed by atoms with Crippen LogP contribution < -0.4 is 5.32 Å². The molecule has 0 aliphatic heterocycles. The second-order valence-corrected chi connectivity index (χ2v) is 7.39. The third-order valence-electron chi connectivity index (χ3n) is 4.42. The van der Waals surface area contributed by atoms with Crippen molar-refractivity contribution < 1.29 is 4.79 Å². The predicted molar refractivity (Wildman–Crippen MR) is 115 cm³/mol. The van der Waals surface area contributed by atoms with Crippen LogP contribution in [0.5, 0.6) is 0 Å². The normalized spacial score (nSPS) is 10.9. The minimum absolute atomic E-state index is 0.156. The van der Waals surface area contributed by atoms with Crippen molar-refractivity contribution in [1.82, 2.24) is 14.5 Å². The highest BCUT2D eigenvalue weighted by molar-refractivity contribution is 9.10. The molecule has 1 N–H and O–H groups in total. The highest BCUT2D eigenvalue weighted by Gasteiger charge is 2.15. The zero-order valence-electron chi connectivity index (χ0n) is 15.4. The summed E-state index contributed by atoms with van der Waals surface area (Å²) < 4.78 is 3.03. The van der Waals surface area contributed by atoms with E-state index in [4.69, 9.17) is 4.98 Å². The Morgan fingerprint density at radius 1 is 1.11 bits per heavy atom. The number of hydrogen-bond acceptors (Lipinski definition) is 3. The number of benzene rings is 2. The van der Waals surface area contributed by atoms with Crippen LogP contribution in [0.25, 0.3) is 22.6 Å². The Morgan fingerprint density at radius 3 is 2.79 bits per heavy atom. The van der Waals surface area contributed by atoms with Crippen LogP contribution in [0, 0.1) is 0 Å². The van der Waals surface area contributed by atoms with Gasteiger partial charge in [0, 0.05) is 34.0 Å². The first-order valence-corrected chi connectivity index (χ1v) is 9.93. The maximum atomic E-state index is 12.7. The molecule has 0 radical (unpaired) electrons. The summed E-state index contributed by atoms with van der Waals surface area (Å²) >= 11 is 3.42. The van der Waals surface area contributed by atoms with Crippen LogP contribution in [-0.4, -0.2) is 20.4 Å². The van der Waals surface area contributed by atoms with E-state index in [1.54, 1.807) is 6.20 Å². The van der Waals surface area contributed by atoms with Gasteiger partial charge in [0.15, 0.2) is 5.65 Å². The fourth-order valence-corrected chi connectivity index (χ4v) is 3.58. The first kappa shape index (κ1) is 18.4. The number of imidazole rings is 1. The number of carbonyl (C=O) groups is 1. The Balaban J connectivity index is 1.70. The van der Waals surface area contributed by atoms with Crippen LogP contribution in [-0.2, 0) is 6.54 Å². The lowest BCUT2D eigenvalue weighted by Crippen LogP contribution is -2.12. The van der Waals surface area contributed by atoms with E-state index in [1.165, 1.54) is 0 Å². The van der Waals surface area contributed by atoms with Crippen LogP contribution >= 0.6 is 15.9 Å². The summed E-state index contributed by atoms with van der Waals surface area (Å²) in [7, 11) is 0. The maximum absolute atomic E-state index is 12.7. The monoisotopic (exact) mass is 434 g/mol. The van der Waals surface area contributed by atoms with Crippen LogP contribution in [0.15, 0.2) is 71.3 Å². The second-order valence-electron chi connectivity index (χ2n) is 6.48. The van der Waals surface area contributed by atoms with Gasteiger partial charge in [-0.3, -0.25) is 4.79 Å². The van der Waals surface area contributed by atoms with E-state index in [1.807, 2.05) is 60.7 Å². The van der Waals surface area contributed by atoms with Gasteiger partial charge in [0.1, 0.15) is 11.3 Å². The zero-order chi connectivity index (χ0) is 19.5. The molecular weight excluding hydrogens is 416 g/mol. The number of amides is 1. The van der Waals surface area contributed by atoms with Crippen molar-refractivity contribution >= 4 is 38.7 Å². The van der Waals surface area contributed by atoms with E-state index in [2.05, 4.69) is 37.7 Å². The number of rotatable bonds is 5. The van der Waals surface area contributed by atoms with Crippen molar-refractivity contribution in [3.05, 3.63) is 76.9 Å². The topological polar surface area (TPSA) is 59.8 Å². The lowest BCUT2D eigenvalue weighted by molar-refractivity contribution is 0.102. The first-order chi connectivity index (χ1) is 13.7. The molecular formula is C22H19BrN4O. The molecule has 0 spiro atoms. The van der Waals surface area contributed by atoms with Crippen molar-refractivity contribution in [3.63, 3.8) is 0 Å². The van der Waals surface area contributed by atoms with E-state index in [0.717, 1.165) is 45.7 Å². The molecule has 0 fully saturated rings. The first-order valence-electron chi connectivity index (χ1n) is 9.14. The number of nitrogens with zero attached hydrogens (tertiary/aromatic N) is 3. The van der Waals surface area contributed by atoms with Crippen molar-refractivity contribution in [3.8, 4) is 11.4 Å². The zero-order valence-corrected chi connectivity index (χ0v) is 17.0. The number of fused-ring (bicyclic) bond motifs is 1. The van der Waals surface area contributed by atoms with Crippen LogP contribution in [0.3, 0.4) is 0 Å². The molecule has 6 heteroatoms. The highest BCUT2D eigenvalue weighted by atomic mass is 79.9. The number of pyridine rings is 1. The van der Waals surface area contributed by atoms with Gasteiger partial charge in [-0.1, -0.05) is 41.1 Å². The smallest absolute Gasteiger partial charge is 0.255 e. The van der Waals surface area contributed by atoms with Crippen molar-refractivity contribution in [2.75, 3.05) is 5.32 Å². The van der Waals surface area contributed by atoms with Crippen molar-refractivity contribution in [2.45, 2.75) is 19.9 Å². The predicted octanol–water partition coefficient (Wildman–Crippen LogP) is 5.52. The number of aromatic nitrogens is 3. The van der Waals surface area contributed by atoms with Crippen LogP contribution in [0.4, 0.5) is 5.69 Å². The SMILES string of the molecule is CCCn1c(-c2cccc(C(=O)Nc3cccc(Br)c3)c2)nc2cccnc21. The molecule has 2 aromatic carbocycles. The summed E-state index contributed by atoms with van der Waals surface area (Å²) in [6, 6.07) is 18.9. The Kier molecular flexibility index (Phi) is 5.21. The average molecular weight is 435 g/mol. The molecule has 0 unspecified atom stereocenters. The Hall–Kier alpha value is -2.99. The number of carbonyl (C=O) groups excluding carboxylic acids is 1. The molecule has 0 aliphatic carbocycles. The summed E-state index contributed by atoms with van der Waals surface area (Å²) in [4.78, 5) is 22.0. The van der Waals surface area contributed by atoms with Gasteiger partial charge in [0.2, 0.25) is 0 Å². The number of hydrogen-bond donors (Lipinski definition) is 1. The van der Waals surface area contributed by atoms with Gasteiger partial charge in [0.25, 0.3) is 5.91 Å². The van der Waals surface area contributed by atoms with Gasteiger partial charge >= 0.3 is 0 Å². The molecule has 28 heavy (non-hydrogen) atoms. The molecule has 140 valence electrons. The molecule has 0 saturated carbocycles. The van der Waals surface area contributed by atoms with Crippen LogP contribution in [0.2, 0.25) is 0 Å².